The van der Waals surface area contributed by atoms with Crippen LogP contribution in [0.4, 0.5) is 0 Å². The number of aliphatic imine (C=N–C) groups is 1. The molecule has 0 spiro atoms. The summed E-state index contributed by atoms with van der Waals surface area (Å²) < 4.78 is 7.53. The highest BCUT2D eigenvalue weighted by molar-refractivity contribution is 14.1. The lowest BCUT2D eigenvalue weighted by Gasteiger charge is -2.11. The molecule has 0 aromatic heterocycles. The van der Waals surface area contributed by atoms with Crippen LogP contribution in [0.2, 0.25) is 0 Å². The van der Waals surface area contributed by atoms with E-state index in [0.29, 0.717) is 12.3 Å². The van der Waals surface area contributed by atoms with Gasteiger partial charge >= 0.3 is 6.02 Å². The molecule has 0 bridgehead atoms. The van der Waals surface area contributed by atoms with Crippen LogP contribution in [0.5, 0.6) is 5.75 Å². The van der Waals surface area contributed by atoms with Gasteiger partial charge in [-0.3, -0.25) is 3.11 Å². The number of amidine groups is 1. The largest absolute Gasteiger partial charge is 0.425 e. The first-order valence-electron chi connectivity index (χ1n) is 5.53. The molecular formula is C12H15IN4O. The van der Waals surface area contributed by atoms with Crippen molar-refractivity contribution in [2.75, 3.05) is 20.1 Å². The van der Waals surface area contributed by atoms with E-state index in [1.165, 1.54) is 0 Å². The summed E-state index contributed by atoms with van der Waals surface area (Å²) in [6, 6.07) is 9.49. The first kappa shape index (κ1) is 14.7. The van der Waals surface area contributed by atoms with Crippen LogP contribution in [0.15, 0.2) is 35.3 Å². The predicted molar refractivity (Wildman–Crippen MR) is 79.4 cm³/mol. The molecule has 0 radical (unpaired) electrons. The van der Waals surface area contributed by atoms with Crippen LogP contribution in [-0.2, 0) is 0 Å². The second kappa shape index (κ2) is 8.72. The second-order valence-corrected chi connectivity index (χ2v) is 5.19. The Morgan fingerprint density at radius 1 is 1.50 bits per heavy atom. The number of nitrogens with zero attached hydrogens (tertiary/aromatic N) is 3. The minimum atomic E-state index is 0.236. The molecule has 0 aliphatic rings. The number of nitrogens with one attached hydrogen (secondary N) is 1. The Hall–Kier alpha value is -1.33. The number of ether oxygens (including phenoxy) is 1. The molecule has 0 atom stereocenters. The Labute approximate surface area is 121 Å². The van der Waals surface area contributed by atoms with E-state index in [1.54, 1.807) is 6.19 Å². The van der Waals surface area contributed by atoms with Gasteiger partial charge in [0.05, 0.1) is 0 Å². The third-order valence-corrected chi connectivity index (χ3v) is 2.51. The summed E-state index contributed by atoms with van der Waals surface area (Å²) in [7, 11) is 2.01. The standard InChI is InChI=1S/C12H15IN4O/c1-17(13)9-5-8-15-12(16-10-14)18-11-6-3-2-4-7-11/h2-4,6-7H,5,8-9H2,1H3,(H,15,16). The molecule has 0 aliphatic heterocycles. The minimum Gasteiger partial charge on any atom is -0.425 e. The fourth-order valence-corrected chi connectivity index (χ4v) is 1.58. The van der Waals surface area contributed by atoms with Crippen LogP contribution in [0.1, 0.15) is 6.42 Å². The Kier molecular flexibility index (Phi) is 7.13. The van der Waals surface area contributed by atoms with E-state index in [4.69, 9.17) is 10.00 Å². The Balaban J connectivity index is 2.42. The molecule has 0 amide bonds. The Morgan fingerprint density at radius 2 is 2.22 bits per heavy atom. The SMILES string of the molecule is CN(I)CCCN/C(=N\C#N)Oc1ccccc1. The third-order valence-electron chi connectivity index (χ3n) is 2.03. The highest BCUT2D eigenvalue weighted by atomic mass is 127. The molecule has 0 aliphatic carbocycles. The smallest absolute Gasteiger partial charge is 0.305 e. The molecular weight excluding hydrogens is 343 g/mol. The zero-order valence-corrected chi connectivity index (χ0v) is 12.3. The van der Waals surface area contributed by atoms with Crippen LogP contribution in [0.25, 0.3) is 0 Å². The van der Waals surface area contributed by atoms with E-state index in [0.717, 1.165) is 13.0 Å². The van der Waals surface area contributed by atoms with E-state index >= 15 is 0 Å². The first-order valence-corrected chi connectivity index (χ1v) is 6.49. The van der Waals surface area contributed by atoms with Crippen molar-refractivity contribution in [3.05, 3.63) is 30.3 Å². The van der Waals surface area contributed by atoms with Gasteiger partial charge in [0.1, 0.15) is 5.75 Å². The minimum absolute atomic E-state index is 0.236. The van der Waals surface area contributed by atoms with E-state index in [1.807, 2.05) is 37.4 Å². The van der Waals surface area contributed by atoms with Crippen LogP contribution >= 0.6 is 22.9 Å². The van der Waals surface area contributed by atoms with Gasteiger partial charge in [0, 0.05) is 36.0 Å². The topological polar surface area (TPSA) is 60.7 Å². The zero-order valence-electron chi connectivity index (χ0n) is 10.1. The van der Waals surface area contributed by atoms with Gasteiger partial charge in [0.2, 0.25) is 6.19 Å². The van der Waals surface area contributed by atoms with Crippen LogP contribution in [-0.4, -0.2) is 29.3 Å². The van der Waals surface area contributed by atoms with Gasteiger partial charge < -0.3 is 10.1 Å². The number of nitriles is 1. The van der Waals surface area contributed by atoms with Crippen molar-refractivity contribution in [2.24, 2.45) is 4.99 Å². The maximum absolute atomic E-state index is 8.59. The lowest BCUT2D eigenvalue weighted by atomic mass is 10.3. The van der Waals surface area contributed by atoms with E-state index in [9.17, 15) is 0 Å². The van der Waals surface area contributed by atoms with Gasteiger partial charge in [-0.1, -0.05) is 18.2 Å². The number of benzene rings is 1. The summed E-state index contributed by atoms with van der Waals surface area (Å²) in [5.74, 6) is 0.657. The van der Waals surface area contributed by atoms with Gasteiger partial charge in [-0.05, 0) is 25.6 Å². The average Bonchev–Trinajstić information content (AvgIpc) is 2.36. The fraction of sp³-hybridized carbons (Fsp3) is 0.333. The number of halogens is 1. The molecule has 0 saturated carbocycles. The van der Waals surface area contributed by atoms with Crippen molar-refractivity contribution in [1.82, 2.24) is 8.43 Å². The number of hydrogen-bond donors (Lipinski definition) is 1. The number of rotatable bonds is 5. The molecule has 0 unspecified atom stereocenters. The molecule has 6 heteroatoms. The van der Waals surface area contributed by atoms with Crippen LogP contribution in [0.3, 0.4) is 0 Å². The van der Waals surface area contributed by atoms with Gasteiger partial charge in [-0.2, -0.15) is 5.26 Å². The molecule has 1 rings (SSSR count). The lowest BCUT2D eigenvalue weighted by Crippen LogP contribution is -2.30. The van der Waals surface area contributed by atoms with E-state index in [2.05, 4.69) is 36.3 Å². The molecule has 1 aromatic rings. The predicted octanol–water partition coefficient (Wildman–Crippen LogP) is 2.16. The molecule has 1 aromatic carbocycles. The first-order chi connectivity index (χ1) is 8.72. The maximum atomic E-state index is 8.59. The Morgan fingerprint density at radius 3 is 2.83 bits per heavy atom. The monoisotopic (exact) mass is 358 g/mol. The highest BCUT2D eigenvalue weighted by Gasteiger charge is 2.02. The van der Waals surface area contributed by atoms with Crippen molar-refractivity contribution in [2.45, 2.75) is 6.42 Å². The molecule has 96 valence electrons. The highest BCUT2D eigenvalue weighted by Crippen LogP contribution is 2.08. The molecule has 0 heterocycles. The molecule has 1 N–H and O–H groups in total. The Bertz CT molecular complexity index is 414. The van der Waals surface area contributed by atoms with Gasteiger partial charge in [0.15, 0.2) is 0 Å². The normalized spacial score (nSPS) is 11.1. The van der Waals surface area contributed by atoms with Crippen LogP contribution < -0.4 is 10.1 Å². The molecule has 5 nitrogen and oxygen atoms in total. The zero-order chi connectivity index (χ0) is 13.2. The van der Waals surface area contributed by atoms with Gasteiger partial charge in [0.25, 0.3) is 0 Å². The maximum Gasteiger partial charge on any atom is 0.305 e. The summed E-state index contributed by atoms with van der Waals surface area (Å²) in [5, 5.41) is 11.6. The number of para-hydroxylation sites is 1. The van der Waals surface area contributed by atoms with Crippen molar-refractivity contribution >= 4 is 28.9 Å². The molecule has 0 fully saturated rings. The van der Waals surface area contributed by atoms with Gasteiger partial charge in [-0.25, -0.2) is 0 Å². The summed E-state index contributed by atoms with van der Waals surface area (Å²) in [6.07, 6.45) is 2.67. The van der Waals surface area contributed by atoms with E-state index < -0.39 is 0 Å². The van der Waals surface area contributed by atoms with Crippen molar-refractivity contribution < 1.29 is 4.74 Å². The van der Waals surface area contributed by atoms with Crippen molar-refractivity contribution in [3.8, 4) is 11.9 Å². The molecule has 18 heavy (non-hydrogen) atoms. The van der Waals surface area contributed by atoms with E-state index in [-0.39, 0.29) is 6.02 Å². The number of hydrogen-bond acceptors (Lipinski definition) is 4. The lowest BCUT2D eigenvalue weighted by molar-refractivity contribution is 0.504. The van der Waals surface area contributed by atoms with Crippen LogP contribution in [0, 0.1) is 11.5 Å². The fourth-order valence-electron chi connectivity index (χ4n) is 1.24. The van der Waals surface area contributed by atoms with Crippen molar-refractivity contribution in [3.63, 3.8) is 0 Å². The summed E-state index contributed by atoms with van der Waals surface area (Å²) in [5.41, 5.74) is 0. The summed E-state index contributed by atoms with van der Waals surface area (Å²) >= 11 is 2.23. The third kappa shape index (κ3) is 6.42. The quantitative estimate of drug-likeness (QED) is 0.219. The summed E-state index contributed by atoms with van der Waals surface area (Å²) in [4.78, 5) is 3.61. The molecule has 0 saturated heterocycles. The average molecular weight is 358 g/mol. The van der Waals surface area contributed by atoms with Crippen molar-refractivity contribution in [1.29, 1.82) is 5.26 Å². The van der Waals surface area contributed by atoms with Gasteiger partial charge in [-0.15, -0.1) is 4.99 Å². The second-order valence-electron chi connectivity index (χ2n) is 3.54. The summed E-state index contributed by atoms with van der Waals surface area (Å²) in [6.45, 7) is 1.67.